The average Bonchev–Trinajstić information content (AvgIpc) is 2.45. The van der Waals surface area contributed by atoms with Gasteiger partial charge in [0.2, 0.25) is 0 Å². The molecule has 5 nitrogen and oxygen atoms in total. The third-order valence-electron chi connectivity index (χ3n) is 2.76. The number of rotatable bonds is 3. The molecule has 2 aromatic rings. The molecule has 1 heterocycles. The molecule has 25 heavy (non-hydrogen) atoms. The van der Waals surface area contributed by atoms with Crippen LogP contribution in [0.1, 0.15) is 13.8 Å². The minimum absolute atomic E-state index is 0.302. The van der Waals surface area contributed by atoms with Gasteiger partial charge in [-0.25, -0.2) is 0 Å². The minimum atomic E-state index is -5.42. The van der Waals surface area contributed by atoms with Gasteiger partial charge in [0.25, 0.3) is 0 Å². The molecule has 0 aliphatic rings. The Labute approximate surface area is 164 Å². The SMILES string of the molecule is CCn1c(=O)oc(-c2ccccc2)[n+](CC)c1=O.[Cl][Sb-]([Cl])([Cl])([Cl])([Cl])[Cl]. The van der Waals surface area contributed by atoms with Gasteiger partial charge < -0.3 is 4.42 Å². The summed E-state index contributed by atoms with van der Waals surface area (Å²) in [7, 11) is 25.0. The molecule has 1 aromatic carbocycles. The third kappa shape index (κ3) is 9.23. The number of benzene rings is 1. The van der Waals surface area contributed by atoms with Gasteiger partial charge in [-0.1, -0.05) is 18.2 Å². The molecule has 0 unspecified atom stereocenters. The Morgan fingerprint density at radius 1 is 1.00 bits per heavy atom. The molecular weight excluding hydrogens is 567 g/mol. The second-order valence-electron chi connectivity index (χ2n) is 4.77. The van der Waals surface area contributed by atoms with Crippen molar-refractivity contribution in [2.45, 2.75) is 26.9 Å². The zero-order valence-electron chi connectivity index (χ0n) is 13.1. The average molecular weight is 582 g/mol. The molecule has 0 amide bonds. The molecule has 1 aromatic heterocycles. The normalized spacial score (nSPS) is 14.1. The van der Waals surface area contributed by atoms with Gasteiger partial charge in [0.05, 0.1) is 18.7 Å². The fourth-order valence-corrected chi connectivity index (χ4v) is 1.84. The van der Waals surface area contributed by atoms with Crippen molar-refractivity contribution in [1.29, 1.82) is 0 Å². The molecule has 0 aliphatic carbocycles. The number of aromatic nitrogens is 2. The van der Waals surface area contributed by atoms with Crippen molar-refractivity contribution in [3.63, 3.8) is 0 Å². The molecule has 0 aliphatic heterocycles. The van der Waals surface area contributed by atoms with Crippen LogP contribution in [0.4, 0.5) is 0 Å². The standard InChI is InChI=1S/C13H15N2O3.6ClH.Sb/c1-3-14-11(10-8-6-5-7-9-10)18-13(17)15(4-2)12(14)16;;;;;;;/h5-9H,3-4H2,1-2H3;6*1H;/q+1;;;;;;;+5/p-6. The quantitative estimate of drug-likeness (QED) is 0.395. The first-order valence-corrected chi connectivity index (χ1v) is 26.3. The molecule has 0 atom stereocenters. The van der Waals surface area contributed by atoms with Crippen molar-refractivity contribution in [2.75, 3.05) is 0 Å². The maximum atomic E-state index is 12.1. The van der Waals surface area contributed by atoms with Crippen LogP contribution in [0.25, 0.3) is 11.5 Å². The van der Waals surface area contributed by atoms with E-state index in [1.807, 2.05) is 25.1 Å². The van der Waals surface area contributed by atoms with E-state index in [9.17, 15) is 9.59 Å². The first-order valence-electron chi connectivity index (χ1n) is 6.93. The molecule has 12 heteroatoms. The molecule has 0 radical (unpaired) electrons. The first kappa shape index (κ1) is 23.4. The molecule has 0 bridgehead atoms. The molecule has 0 spiro atoms. The summed E-state index contributed by atoms with van der Waals surface area (Å²) in [6, 6.07) is 9.15. The summed E-state index contributed by atoms with van der Waals surface area (Å²) < 4.78 is 7.80. The second-order valence-corrected chi connectivity index (χ2v) is 61.7. The van der Waals surface area contributed by atoms with Gasteiger partial charge in [-0.2, -0.15) is 14.2 Å². The monoisotopic (exact) mass is 578 g/mol. The number of hydrogen-bond donors (Lipinski definition) is 0. The summed E-state index contributed by atoms with van der Waals surface area (Å²) in [4.78, 5) is 23.8. The van der Waals surface area contributed by atoms with Crippen LogP contribution in [0.5, 0.6) is 0 Å². The van der Waals surface area contributed by atoms with Crippen LogP contribution in [0.3, 0.4) is 0 Å². The molecule has 0 saturated heterocycles. The molecule has 0 N–H and O–H groups in total. The summed E-state index contributed by atoms with van der Waals surface area (Å²) in [6.07, 6.45) is 0. The summed E-state index contributed by atoms with van der Waals surface area (Å²) >= 11 is 0. The van der Waals surface area contributed by atoms with Crippen LogP contribution in [-0.2, 0) is 13.1 Å². The van der Waals surface area contributed by atoms with Crippen LogP contribution in [0.2, 0.25) is 0 Å². The fourth-order valence-electron chi connectivity index (χ4n) is 1.84. The van der Waals surface area contributed by atoms with E-state index in [-0.39, 0.29) is 5.69 Å². The zero-order valence-corrected chi connectivity index (χ0v) is 20.2. The Morgan fingerprint density at radius 3 is 1.88 bits per heavy atom. The summed E-state index contributed by atoms with van der Waals surface area (Å²) in [5, 5.41) is 0. The van der Waals surface area contributed by atoms with E-state index in [0.29, 0.717) is 19.0 Å². The van der Waals surface area contributed by atoms with Crippen LogP contribution < -0.4 is 16.0 Å². The summed E-state index contributed by atoms with van der Waals surface area (Å²) in [5.41, 5.74) is 0.381. The Balaban J connectivity index is 0.000000381. The van der Waals surface area contributed by atoms with Crippen LogP contribution >= 0.6 is 53.0 Å². The van der Waals surface area contributed by atoms with Crippen molar-refractivity contribution >= 4 is 62.1 Å². The van der Waals surface area contributed by atoms with E-state index in [1.54, 1.807) is 19.1 Å². The van der Waals surface area contributed by atoms with E-state index < -0.39 is 14.9 Å². The number of halogens is 6. The van der Waals surface area contributed by atoms with Crippen molar-refractivity contribution in [1.82, 2.24) is 4.57 Å². The Morgan fingerprint density at radius 2 is 1.48 bits per heavy atom. The van der Waals surface area contributed by atoms with E-state index in [4.69, 9.17) is 57.4 Å². The predicted octanol–water partition coefficient (Wildman–Crippen LogP) is 4.55. The van der Waals surface area contributed by atoms with Gasteiger partial charge in [-0.15, -0.1) is 4.57 Å². The topological polar surface area (TPSA) is 56.1 Å². The predicted molar refractivity (Wildman–Crippen MR) is 107 cm³/mol. The van der Waals surface area contributed by atoms with Gasteiger partial charge in [-0.3, -0.25) is 0 Å². The Kier molecular flexibility index (Phi) is 7.30. The van der Waals surface area contributed by atoms with Gasteiger partial charge in [0.15, 0.2) is 0 Å². The van der Waals surface area contributed by atoms with Crippen LogP contribution in [-0.4, -0.2) is 13.7 Å². The molecule has 0 saturated carbocycles. The van der Waals surface area contributed by atoms with Gasteiger partial charge in [0, 0.05) is 0 Å². The summed E-state index contributed by atoms with van der Waals surface area (Å²) in [5.74, 6) is -0.316. The maximum absolute atomic E-state index is 12.1. The number of hydrogen-bond acceptors (Lipinski definition) is 3. The van der Waals surface area contributed by atoms with E-state index >= 15 is 0 Å². The van der Waals surface area contributed by atoms with Crippen molar-refractivity contribution in [3.8, 4) is 11.5 Å². The van der Waals surface area contributed by atoms with E-state index in [1.165, 1.54) is 4.57 Å². The second kappa shape index (κ2) is 7.79. The van der Waals surface area contributed by atoms with Crippen molar-refractivity contribution in [3.05, 3.63) is 51.4 Å². The van der Waals surface area contributed by atoms with Crippen LogP contribution in [0, 0.1) is 0 Å². The molecule has 2 rings (SSSR count). The number of nitrogens with zero attached hydrogens (tertiary/aromatic N) is 2. The zero-order chi connectivity index (χ0) is 19.5. The van der Waals surface area contributed by atoms with Crippen molar-refractivity contribution < 1.29 is 8.98 Å². The van der Waals surface area contributed by atoms with Gasteiger partial charge in [0.1, 0.15) is 0 Å². The molecule has 0 fully saturated rings. The summed E-state index contributed by atoms with van der Waals surface area (Å²) in [6.45, 7) is 4.33. The van der Waals surface area contributed by atoms with Gasteiger partial charge >= 0.3 is 79.5 Å². The molecular formula is C13H15Cl6N2O3Sb. The van der Waals surface area contributed by atoms with E-state index in [2.05, 4.69) is 0 Å². The Hall–Kier alpha value is 0.388. The van der Waals surface area contributed by atoms with Gasteiger partial charge in [-0.05, 0) is 26.0 Å². The fraction of sp³-hybridized carbons (Fsp3) is 0.308. The van der Waals surface area contributed by atoms with Crippen LogP contribution in [0.15, 0.2) is 44.3 Å². The molecule has 142 valence electrons. The van der Waals surface area contributed by atoms with E-state index in [0.717, 1.165) is 10.1 Å². The third-order valence-corrected chi connectivity index (χ3v) is 2.76. The first-order chi connectivity index (χ1) is 11.1. The Bertz CT molecular complexity index is 848. The van der Waals surface area contributed by atoms with Crippen molar-refractivity contribution in [2.24, 2.45) is 0 Å².